The average Bonchev–Trinajstić information content (AvgIpc) is 2.14. The van der Waals surface area contributed by atoms with Crippen LogP contribution >= 0.6 is 0 Å². The predicted octanol–water partition coefficient (Wildman–Crippen LogP) is -1.61. The van der Waals surface area contributed by atoms with Gasteiger partial charge in [0.2, 0.25) is 5.91 Å². The number of carbonyl (C=O) groups excluding carboxylic acids is 2. The molecule has 6 heteroatoms. The first kappa shape index (κ1) is 11.4. The number of rotatable bonds is 5. The van der Waals surface area contributed by atoms with E-state index in [-0.39, 0.29) is 25.5 Å². The lowest BCUT2D eigenvalue weighted by Gasteiger charge is -2.02. The Morgan fingerprint density at radius 2 is 2.15 bits per heavy atom. The molecule has 0 aromatic heterocycles. The number of esters is 1. The van der Waals surface area contributed by atoms with E-state index in [2.05, 4.69) is 15.4 Å². The van der Waals surface area contributed by atoms with Crippen molar-refractivity contribution >= 4 is 11.9 Å². The highest BCUT2D eigenvalue weighted by Gasteiger charge is 2.02. The van der Waals surface area contributed by atoms with Gasteiger partial charge in [-0.2, -0.15) is 5.26 Å². The summed E-state index contributed by atoms with van der Waals surface area (Å²) in [6.45, 7) is -0.0496. The van der Waals surface area contributed by atoms with Crippen molar-refractivity contribution in [2.45, 2.75) is 0 Å². The van der Waals surface area contributed by atoms with Crippen molar-refractivity contribution in [3.05, 3.63) is 0 Å². The number of methoxy groups -OCH3 is 1. The van der Waals surface area contributed by atoms with Crippen molar-refractivity contribution in [1.29, 1.82) is 5.26 Å². The van der Waals surface area contributed by atoms with Crippen LogP contribution in [-0.4, -0.2) is 38.6 Å². The van der Waals surface area contributed by atoms with Crippen LogP contribution in [0.15, 0.2) is 0 Å². The van der Waals surface area contributed by atoms with E-state index in [4.69, 9.17) is 5.26 Å². The zero-order valence-electron chi connectivity index (χ0n) is 7.29. The lowest BCUT2D eigenvalue weighted by Crippen LogP contribution is -2.36. The minimum Gasteiger partial charge on any atom is -0.468 e. The first-order chi connectivity index (χ1) is 6.20. The first-order valence-electron chi connectivity index (χ1n) is 3.62. The van der Waals surface area contributed by atoms with Gasteiger partial charge >= 0.3 is 5.97 Å². The molecule has 0 saturated heterocycles. The molecule has 0 heterocycles. The molecule has 1 amide bonds. The molecule has 0 radical (unpaired) electrons. The van der Waals surface area contributed by atoms with Crippen LogP contribution in [0.3, 0.4) is 0 Å². The number of nitrogens with zero attached hydrogens (tertiary/aromatic N) is 1. The minimum absolute atomic E-state index is 0.00319. The molecule has 0 fully saturated rings. The van der Waals surface area contributed by atoms with Crippen LogP contribution in [0.1, 0.15) is 0 Å². The Hall–Kier alpha value is -1.61. The maximum Gasteiger partial charge on any atom is 0.319 e. The van der Waals surface area contributed by atoms with E-state index in [1.54, 1.807) is 6.07 Å². The van der Waals surface area contributed by atoms with Crippen LogP contribution in [0.2, 0.25) is 0 Å². The normalized spacial score (nSPS) is 8.62. The van der Waals surface area contributed by atoms with Gasteiger partial charge in [0.05, 0.1) is 26.3 Å². The summed E-state index contributed by atoms with van der Waals surface area (Å²) in [5.74, 6) is -0.765. The smallest absolute Gasteiger partial charge is 0.319 e. The number of amides is 1. The van der Waals surface area contributed by atoms with Crippen molar-refractivity contribution in [1.82, 2.24) is 10.6 Å². The number of carbonyl (C=O) groups is 2. The molecule has 0 unspecified atom stereocenters. The molecule has 0 aromatic rings. The van der Waals surface area contributed by atoms with Crippen LogP contribution in [0, 0.1) is 11.3 Å². The topological polar surface area (TPSA) is 91.2 Å². The molecule has 0 aliphatic rings. The molecule has 6 nitrogen and oxygen atoms in total. The van der Waals surface area contributed by atoms with E-state index >= 15 is 0 Å². The molecular weight excluding hydrogens is 174 g/mol. The predicted molar refractivity (Wildman–Crippen MR) is 43.5 cm³/mol. The van der Waals surface area contributed by atoms with Crippen LogP contribution in [0.5, 0.6) is 0 Å². The third kappa shape index (κ3) is 6.77. The van der Waals surface area contributed by atoms with Gasteiger partial charge in [-0.1, -0.05) is 0 Å². The summed E-state index contributed by atoms with van der Waals surface area (Å²) in [5, 5.41) is 13.0. The summed E-state index contributed by atoms with van der Waals surface area (Å²) in [6, 6.07) is 1.76. The standard InChI is InChI=1S/C7H11N3O3/c1-13-7(12)5-9-4-6(11)10-3-2-8/h9H,3-5H2,1H3,(H,10,11). The summed E-state index contributed by atoms with van der Waals surface area (Å²) in [4.78, 5) is 21.3. The Morgan fingerprint density at radius 1 is 1.46 bits per heavy atom. The van der Waals surface area contributed by atoms with Crippen LogP contribution in [0.25, 0.3) is 0 Å². The van der Waals surface area contributed by atoms with E-state index < -0.39 is 5.97 Å². The van der Waals surface area contributed by atoms with Gasteiger partial charge in [0, 0.05) is 0 Å². The van der Waals surface area contributed by atoms with Gasteiger partial charge in [-0.05, 0) is 0 Å². The monoisotopic (exact) mass is 185 g/mol. The number of hydrogen-bond acceptors (Lipinski definition) is 5. The van der Waals surface area contributed by atoms with Gasteiger partial charge < -0.3 is 10.1 Å². The second kappa shape index (κ2) is 7.06. The molecular formula is C7H11N3O3. The molecule has 0 spiro atoms. The van der Waals surface area contributed by atoms with Gasteiger partial charge in [0.15, 0.2) is 0 Å². The first-order valence-corrected chi connectivity index (χ1v) is 3.62. The molecule has 0 aliphatic heterocycles. The van der Waals surface area contributed by atoms with E-state index in [0.717, 1.165) is 0 Å². The lowest BCUT2D eigenvalue weighted by atomic mass is 10.5. The largest absolute Gasteiger partial charge is 0.468 e. The Labute approximate surface area is 75.9 Å². The second-order valence-electron chi connectivity index (χ2n) is 2.11. The number of nitriles is 1. The van der Waals surface area contributed by atoms with Crippen molar-refractivity contribution in [2.75, 3.05) is 26.7 Å². The second-order valence-corrected chi connectivity index (χ2v) is 2.11. The van der Waals surface area contributed by atoms with Crippen LogP contribution in [0.4, 0.5) is 0 Å². The minimum atomic E-state index is -0.437. The van der Waals surface area contributed by atoms with E-state index in [1.807, 2.05) is 0 Å². The Kier molecular flexibility index (Phi) is 6.19. The SMILES string of the molecule is COC(=O)CNCC(=O)NCC#N. The van der Waals surface area contributed by atoms with Crippen molar-refractivity contribution in [3.63, 3.8) is 0 Å². The number of nitrogens with one attached hydrogen (secondary N) is 2. The third-order valence-electron chi connectivity index (χ3n) is 1.15. The average molecular weight is 185 g/mol. The Bertz CT molecular complexity index is 222. The van der Waals surface area contributed by atoms with Gasteiger partial charge in [0.25, 0.3) is 0 Å². The van der Waals surface area contributed by atoms with Crippen molar-refractivity contribution in [3.8, 4) is 6.07 Å². The fraction of sp³-hybridized carbons (Fsp3) is 0.571. The molecule has 13 heavy (non-hydrogen) atoms. The molecule has 0 aromatic carbocycles. The maximum absolute atomic E-state index is 10.8. The summed E-state index contributed by atoms with van der Waals surface area (Å²) < 4.78 is 4.33. The molecule has 72 valence electrons. The summed E-state index contributed by atoms with van der Waals surface area (Å²) >= 11 is 0. The third-order valence-corrected chi connectivity index (χ3v) is 1.15. The van der Waals surface area contributed by atoms with Gasteiger partial charge in [-0.25, -0.2) is 0 Å². The summed E-state index contributed by atoms with van der Waals surface area (Å²) in [6.07, 6.45) is 0. The molecule has 0 atom stereocenters. The van der Waals surface area contributed by atoms with E-state index in [9.17, 15) is 9.59 Å². The molecule has 0 bridgehead atoms. The molecule has 0 saturated carbocycles. The van der Waals surface area contributed by atoms with Crippen molar-refractivity contribution in [2.24, 2.45) is 0 Å². The quantitative estimate of drug-likeness (QED) is 0.397. The van der Waals surface area contributed by atoms with Crippen LogP contribution < -0.4 is 10.6 Å². The van der Waals surface area contributed by atoms with E-state index in [0.29, 0.717) is 0 Å². The zero-order chi connectivity index (χ0) is 10.1. The van der Waals surface area contributed by atoms with Gasteiger partial charge in [0.1, 0.15) is 6.54 Å². The Balaban J connectivity index is 3.38. The zero-order valence-corrected chi connectivity index (χ0v) is 7.29. The highest BCUT2D eigenvalue weighted by molar-refractivity contribution is 5.79. The van der Waals surface area contributed by atoms with Gasteiger partial charge in [-0.15, -0.1) is 0 Å². The number of ether oxygens (including phenoxy) is 1. The molecule has 0 rings (SSSR count). The number of hydrogen-bond donors (Lipinski definition) is 2. The van der Waals surface area contributed by atoms with Crippen molar-refractivity contribution < 1.29 is 14.3 Å². The fourth-order valence-electron chi connectivity index (χ4n) is 0.551. The van der Waals surface area contributed by atoms with Crippen LogP contribution in [-0.2, 0) is 14.3 Å². The lowest BCUT2D eigenvalue weighted by molar-refractivity contribution is -0.139. The fourth-order valence-corrected chi connectivity index (χ4v) is 0.551. The van der Waals surface area contributed by atoms with E-state index in [1.165, 1.54) is 7.11 Å². The highest BCUT2D eigenvalue weighted by Crippen LogP contribution is 1.69. The maximum atomic E-state index is 10.8. The summed E-state index contributed by atoms with van der Waals surface area (Å²) in [7, 11) is 1.26. The highest BCUT2D eigenvalue weighted by atomic mass is 16.5. The Morgan fingerprint density at radius 3 is 2.69 bits per heavy atom. The molecule has 2 N–H and O–H groups in total. The summed E-state index contributed by atoms with van der Waals surface area (Å²) in [5.41, 5.74) is 0. The van der Waals surface area contributed by atoms with Gasteiger partial charge in [-0.3, -0.25) is 14.9 Å². The molecule has 0 aliphatic carbocycles.